The van der Waals surface area contributed by atoms with Crippen LogP contribution in [-0.4, -0.2) is 17.6 Å². The summed E-state index contributed by atoms with van der Waals surface area (Å²) in [7, 11) is 0. The van der Waals surface area contributed by atoms with Gasteiger partial charge in [-0.2, -0.15) is 0 Å². The van der Waals surface area contributed by atoms with Crippen molar-refractivity contribution in [3.05, 3.63) is 35.4 Å². The van der Waals surface area contributed by atoms with Crippen LogP contribution >= 0.6 is 0 Å². The fraction of sp³-hybridized carbons (Fsp3) is 0.500. The molecule has 0 spiro atoms. The molecule has 2 nitrogen and oxygen atoms in total. The first kappa shape index (κ1) is 13.1. The van der Waals surface area contributed by atoms with Crippen molar-refractivity contribution in [2.45, 2.75) is 31.7 Å². The average molecular weight is 229 g/mol. The lowest BCUT2D eigenvalue weighted by Crippen LogP contribution is -2.36. The van der Waals surface area contributed by atoms with Gasteiger partial charge >= 0.3 is 0 Å². The van der Waals surface area contributed by atoms with Crippen LogP contribution < -0.4 is 5.73 Å². The second-order valence-electron chi connectivity index (χ2n) is 4.22. The summed E-state index contributed by atoms with van der Waals surface area (Å²) < 4.78 is 26.2. The summed E-state index contributed by atoms with van der Waals surface area (Å²) in [4.78, 5) is 0. The minimum atomic E-state index is -3.28. The Bertz CT molecular complexity index is 335. The Kier molecular flexibility index (Phi) is 3.99. The second kappa shape index (κ2) is 4.89. The van der Waals surface area contributed by atoms with Gasteiger partial charge in [-0.05, 0) is 17.0 Å². The summed E-state index contributed by atoms with van der Waals surface area (Å²) in [5, 5.41) is 8.54. The number of alkyl halides is 2. The van der Waals surface area contributed by atoms with Gasteiger partial charge in [-0.3, -0.25) is 0 Å². The van der Waals surface area contributed by atoms with Crippen LogP contribution in [0.3, 0.4) is 0 Å². The van der Waals surface area contributed by atoms with Gasteiger partial charge < -0.3 is 10.8 Å². The molecule has 0 unspecified atom stereocenters. The lowest BCUT2D eigenvalue weighted by atomic mass is 9.97. The number of rotatable bonds is 4. The molecular formula is C12H17F2NO. The number of halogens is 2. The first-order valence-electron chi connectivity index (χ1n) is 5.22. The molecule has 0 saturated heterocycles. The third-order valence-electron chi connectivity index (χ3n) is 2.63. The molecule has 0 saturated carbocycles. The molecule has 16 heavy (non-hydrogen) atoms. The van der Waals surface area contributed by atoms with Crippen molar-refractivity contribution in [1.29, 1.82) is 0 Å². The van der Waals surface area contributed by atoms with E-state index in [2.05, 4.69) is 0 Å². The van der Waals surface area contributed by atoms with Gasteiger partial charge in [-0.15, -0.1) is 0 Å². The molecule has 0 aliphatic rings. The number of nitrogens with two attached hydrogens (primary N) is 1. The van der Waals surface area contributed by atoms with Crippen molar-refractivity contribution in [2.24, 2.45) is 5.73 Å². The van der Waals surface area contributed by atoms with Gasteiger partial charge in [0.05, 0.1) is 6.04 Å². The van der Waals surface area contributed by atoms with Crippen LogP contribution in [0.4, 0.5) is 8.78 Å². The van der Waals surface area contributed by atoms with Crippen LogP contribution in [0.15, 0.2) is 24.3 Å². The SMILES string of the molecule is CC(C)c1ccc([C@H](N)C(F)(F)CO)cc1. The summed E-state index contributed by atoms with van der Waals surface area (Å²) in [5.41, 5.74) is 6.81. The molecule has 0 heterocycles. The van der Waals surface area contributed by atoms with Crippen molar-refractivity contribution >= 4 is 0 Å². The molecule has 90 valence electrons. The zero-order chi connectivity index (χ0) is 12.3. The summed E-state index contributed by atoms with van der Waals surface area (Å²) in [6.07, 6.45) is 0. The lowest BCUT2D eigenvalue weighted by Gasteiger charge is -2.22. The van der Waals surface area contributed by atoms with E-state index in [0.717, 1.165) is 5.56 Å². The van der Waals surface area contributed by atoms with Crippen LogP contribution in [0.2, 0.25) is 0 Å². The smallest absolute Gasteiger partial charge is 0.289 e. The molecule has 0 bridgehead atoms. The lowest BCUT2D eigenvalue weighted by molar-refractivity contribution is -0.0711. The molecule has 1 atom stereocenters. The monoisotopic (exact) mass is 229 g/mol. The van der Waals surface area contributed by atoms with E-state index >= 15 is 0 Å². The van der Waals surface area contributed by atoms with E-state index in [1.165, 1.54) is 0 Å². The maximum atomic E-state index is 13.1. The highest BCUT2D eigenvalue weighted by Gasteiger charge is 2.37. The van der Waals surface area contributed by atoms with Gasteiger partial charge in [0.15, 0.2) is 0 Å². The Morgan fingerprint density at radius 3 is 2.00 bits per heavy atom. The van der Waals surface area contributed by atoms with Gasteiger partial charge in [0.1, 0.15) is 6.61 Å². The topological polar surface area (TPSA) is 46.2 Å². The van der Waals surface area contributed by atoms with Crippen LogP contribution in [0.25, 0.3) is 0 Å². The minimum Gasteiger partial charge on any atom is -0.390 e. The first-order valence-corrected chi connectivity index (χ1v) is 5.22. The van der Waals surface area contributed by atoms with Crippen molar-refractivity contribution in [1.82, 2.24) is 0 Å². The predicted octanol–water partition coefficient (Wildman–Crippen LogP) is 2.44. The summed E-state index contributed by atoms with van der Waals surface area (Å²) in [5.74, 6) is -2.93. The summed E-state index contributed by atoms with van der Waals surface area (Å²) in [6.45, 7) is 2.81. The highest BCUT2D eigenvalue weighted by Crippen LogP contribution is 2.29. The molecule has 1 aromatic carbocycles. The fourth-order valence-corrected chi connectivity index (χ4v) is 1.43. The first-order chi connectivity index (χ1) is 7.38. The highest BCUT2D eigenvalue weighted by molar-refractivity contribution is 5.27. The number of aliphatic hydroxyl groups is 1. The van der Waals surface area contributed by atoms with Crippen molar-refractivity contribution in [3.63, 3.8) is 0 Å². The fourth-order valence-electron chi connectivity index (χ4n) is 1.43. The molecule has 0 aliphatic carbocycles. The van der Waals surface area contributed by atoms with Crippen molar-refractivity contribution in [2.75, 3.05) is 6.61 Å². The van der Waals surface area contributed by atoms with E-state index in [0.29, 0.717) is 11.5 Å². The molecule has 0 aromatic heterocycles. The maximum Gasteiger partial charge on any atom is 0.289 e. The predicted molar refractivity (Wildman–Crippen MR) is 59.5 cm³/mol. The van der Waals surface area contributed by atoms with E-state index in [9.17, 15) is 8.78 Å². The Balaban J connectivity index is 2.90. The molecule has 0 fully saturated rings. The average Bonchev–Trinajstić information content (AvgIpc) is 2.28. The second-order valence-corrected chi connectivity index (χ2v) is 4.22. The van der Waals surface area contributed by atoms with E-state index in [1.807, 2.05) is 13.8 Å². The normalized spacial score (nSPS) is 14.2. The van der Waals surface area contributed by atoms with Crippen molar-refractivity contribution < 1.29 is 13.9 Å². The van der Waals surface area contributed by atoms with Crippen molar-refractivity contribution in [3.8, 4) is 0 Å². The third-order valence-corrected chi connectivity index (χ3v) is 2.63. The Morgan fingerprint density at radius 1 is 1.19 bits per heavy atom. The molecular weight excluding hydrogens is 212 g/mol. The quantitative estimate of drug-likeness (QED) is 0.833. The molecule has 4 heteroatoms. The van der Waals surface area contributed by atoms with Gasteiger partial charge in [-0.25, -0.2) is 8.78 Å². The van der Waals surface area contributed by atoms with Gasteiger partial charge in [-0.1, -0.05) is 38.1 Å². The summed E-state index contributed by atoms with van der Waals surface area (Å²) >= 11 is 0. The van der Waals surface area contributed by atoms with Crippen LogP contribution in [-0.2, 0) is 0 Å². The standard InChI is InChI=1S/C12H17F2NO/c1-8(2)9-3-5-10(6-4-9)11(15)12(13,14)7-16/h3-6,8,11,16H,7,15H2,1-2H3/t11-/m0/s1. The molecule has 0 amide bonds. The molecule has 3 N–H and O–H groups in total. The van der Waals surface area contributed by atoms with Crippen LogP contribution in [0.5, 0.6) is 0 Å². The molecule has 1 aromatic rings. The number of benzene rings is 1. The van der Waals surface area contributed by atoms with Gasteiger partial charge in [0.2, 0.25) is 0 Å². The molecule has 0 radical (unpaired) electrons. The molecule has 0 aliphatic heterocycles. The van der Waals surface area contributed by atoms with Gasteiger partial charge in [0, 0.05) is 0 Å². The zero-order valence-corrected chi connectivity index (χ0v) is 9.45. The number of hydrogen-bond donors (Lipinski definition) is 2. The molecule has 1 rings (SSSR count). The third kappa shape index (κ3) is 2.77. The highest BCUT2D eigenvalue weighted by atomic mass is 19.3. The number of aliphatic hydroxyl groups excluding tert-OH is 1. The van der Waals surface area contributed by atoms with Gasteiger partial charge in [0.25, 0.3) is 5.92 Å². The zero-order valence-electron chi connectivity index (χ0n) is 9.45. The Labute approximate surface area is 94.1 Å². The minimum absolute atomic E-state index is 0.337. The number of hydrogen-bond acceptors (Lipinski definition) is 2. The summed E-state index contributed by atoms with van der Waals surface area (Å²) in [6, 6.07) is 5.28. The Morgan fingerprint density at radius 2 is 1.62 bits per heavy atom. The van der Waals surface area contributed by atoms with E-state index in [4.69, 9.17) is 10.8 Å². The van der Waals surface area contributed by atoms with Crippen LogP contribution in [0.1, 0.15) is 36.9 Å². The van der Waals surface area contributed by atoms with E-state index in [1.54, 1.807) is 24.3 Å². The van der Waals surface area contributed by atoms with Crippen LogP contribution in [0, 0.1) is 0 Å². The van der Waals surface area contributed by atoms with E-state index in [-0.39, 0.29) is 0 Å². The maximum absolute atomic E-state index is 13.1. The Hall–Kier alpha value is -1.00. The largest absolute Gasteiger partial charge is 0.390 e. The van der Waals surface area contributed by atoms with E-state index < -0.39 is 18.6 Å².